The summed E-state index contributed by atoms with van der Waals surface area (Å²) in [6.45, 7) is 0. The van der Waals surface area contributed by atoms with E-state index >= 15 is 0 Å². The Morgan fingerprint density at radius 3 is 0.900 bits per heavy atom. The summed E-state index contributed by atoms with van der Waals surface area (Å²) < 4.78 is 0. The topological polar surface area (TPSA) is 0 Å². The third-order valence-corrected chi connectivity index (χ3v) is 5.54. The summed E-state index contributed by atoms with van der Waals surface area (Å²) in [5, 5.41) is 0. The molecule has 0 aromatic heterocycles. The molecule has 0 N–H and O–H groups in total. The zero-order valence-corrected chi connectivity index (χ0v) is 12.0. The predicted octanol–water partition coefficient (Wildman–Crippen LogP) is 5.09. The summed E-state index contributed by atoms with van der Waals surface area (Å²) in [4.78, 5) is 0. The van der Waals surface area contributed by atoms with Crippen LogP contribution >= 0.6 is 0 Å². The fraction of sp³-hybridized carbons (Fsp3) is 0.400. The molecule has 0 unspecified atom stereocenters. The Balaban J connectivity index is 1.67. The molecule has 0 heterocycles. The minimum absolute atomic E-state index is 1.29. The lowest BCUT2D eigenvalue weighted by atomic mass is 9.73. The van der Waals surface area contributed by atoms with Gasteiger partial charge in [-0.3, -0.25) is 0 Å². The van der Waals surface area contributed by atoms with Gasteiger partial charge in [0, 0.05) is 0 Å². The highest BCUT2D eigenvalue weighted by atomic mass is 14.3. The van der Waals surface area contributed by atoms with Crippen LogP contribution in [0.5, 0.6) is 0 Å². The van der Waals surface area contributed by atoms with Crippen LogP contribution in [0.4, 0.5) is 0 Å². The molecule has 0 radical (unpaired) electrons. The smallest absolute Gasteiger partial charge is 0.00959 e. The molecule has 0 fully saturated rings. The molecule has 5 rings (SSSR count). The number of hydrogen-bond donors (Lipinski definition) is 0. The lowest BCUT2D eigenvalue weighted by molar-refractivity contribution is 0.684. The van der Waals surface area contributed by atoms with Gasteiger partial charge in [-0.15, -0.1) is 0 Å². The van der Waals surface area contributed by atoms with Gasteiger partial charge in [-0.25, -0.2) is 0 Å². The van der Waals surface area contributed by atoms with Crippen molar-refractivity contribution < 1.29 is 0 Å². The maximum absolute atomic E-state index is 2.50. The first-order chi connectivity index (χ1) is 9.90. The third kappa shape index (κ3) is 1.43. The summed E-state index contributed by atoms with van der Waals surface area (Å²) in [5.74, 6) is 0. The molecule has 3 aliphatic carbocycles. The highest BCUT2D eigenvalue weighted by Gasteiger charge is 2.27. The zero-order valence-electron chi connectivity index (χ0n) is 12.0. The SMILES string of the molecule is c1c2c(cc3c1-c1cc4c(cc1-3)CCCC4)CCCC2. The Hall–Kier alpha value is -1.56. The van der Waals surface area contributed by atoms with Crippen LogP contribution in [-0.2, 0) is 25.7 Å². The van der Waals surface area contributed by atoms with Gasteiger partial charge >= 0.3 is 0 Å². The van der Waals surface area contributed by atoms with Gasteiger partial charge in [-0.1, -0.05) is 24.3 Å². The van der Waals surface area contributed by atoms with Crippen LogP contribution < -0.4 is 0 Å². The summed E-state index contributed by atoms with van der Waals surface area (Å²) >= 11 is 0. The largest absolute Gasteiger partial charge is 0.0502 e. The first-order valence-corrected chi connectivity index (χ1v) is 8.22. The van der Waals surface area contributed by atoms with Crippen LogP contribution in [0.3, 0.4) is 0 Å². The molecule has 0 bridgehead atoms. The van der Waals surface area contributed by atoms with Crippen molar-refractivity contribution in [2.75, 3.05) is 0 Å². The first-order valence-electron chi connectivity index (χ1n) is 8.22. The zero-order chi connectivity index (χ0) is 13.1. The Kier molecular flexibility index (Phi) is 2.21. The van der Waals surface area contributed by atoms with E-state index in [0.29, 0.717) is 0 Å². The Morgan fingerprint density at radius 1 is 0.400 bits per heavy atom. The van der Waals surface area contributed by atoms with E-state index in [1.165, 1.54) is 73.6 Å². The van der Waals surface area contributed by atoms with Crippen LogP contribution in [0.2, 0.25) is 0 Å². The fourth-order valence-electron chi connectivity index (χ4n) is 4.40. The van der Waals surface area contributed by atoms with Crippen molar-refractivity contribution >= 4 is 0 Å². The summed E-state index contributed by atoms with van der Waals surface area (Å²) in [7, 11) is 0. The highest BCUT2D eigenvalue weighted by Crippen LogP contribution is 2.50. The van der Waals surface area contributed by atoms with E-state index < -0.39 is 0 Å². The van der Waals surface area contributed by atoms with Crippen molar-refractivity contribution in [2.45, 2.75) is 51.4 Å². The molecule has 0 atom stereocenters. The van der Waals surface area contributed by atoms with E-state index in [2.05, 4.69) is 24.3 Å². The van der Waals surface area contributed by atoms with Gasteiger partial charge in [0.05, 0.1) is 0 Å². The van der Waals surface area contributed by atoms with E-state index in [9.17, 15) is 0 Å². The van der Waals surface area contributed by atoms with Crippen LogP contribution in [0, 0.1) is 0 Å². The second-order valence-corrected chi connectivity index (χ2v) is 6.75. The molecular formula is C20H20. The van der Waals surface area contributed by atoms with Crippen LogP contribution in [0.25, 0.3) is 22.3 Å². The lowest BCUT2D eigenvalue weighted by Gasteiger charge is -2.30. The molecule has 0 amide bonds. The minimum Gasteiger partial charge on any atom is -0.0502 e. The summed E-state index contributed by atoms with van der Waals surface area (Å²) in [5.41, 5.74) is 12.6. The molecule has 20 heavy (non-hydrogen) atoms. The van der Waals surface area contributed by atoms with E-state index in [0.717, 1.165) is 0 Å². The molecule has 0 saturated heterocycles. The highest BCUT2D eigenvalue weighted by molar-refractivity contribution is 6.03. The van der Waals surface area contributed by atoms with E-state index in [4.69, 9.17) is 0 Å². The van der Waals surface area contributed by atoms with Crippen LogP contribution in [0.15, 0.2) is 24.3 Å². The molecule has 2 aromatic carbocycles. The van der Waals surface area contributed by atoms with Crippen molar-refractivity contribution in [1.29, 1.82) is 0 Å². The van der Waals surface area contributed by atoms with Crippen molar-refractivity contribution in [3.8, 4) is 22.3 Å². The molecule has 0 heteroatoms. The van der Waals surface area contributed by atoms with Crippen molar-refractivity contribution in [3.63, 3.8) is 0 Å². The third-order valence-electron chi connectivity index (χ3n) is 5.54. The lowest BCUT2D eigenvalue weighted by Crippen LogP contribution is -2.10. The first kappa shape index (κ1) is 11.1. The maximum Gasteiger partial charge on any atom is -0.00959 e. The summed E-state index contributed by atoms with van der Waals surface area (Å²) in [6.07, 6.45) is 10.7. The number of aryl methyl sites for hydroxylation is 4. The van der Waals surface area contributed by atoms with Gasteiger partial charge in [0.15, 0.2) is 0 Å². The van der Waals surface area contributed by atoms with E-state index in [1.807, 2.05) is 0 Å². The van der Waals surface area contributed by atoms with Crippen molar-refractivity contribution in [1.82, 2.24) is 0 Å². The molecule has 0 nitrogen and oxygen atoms in total. The van der Waals surface area contributed by atoms with Gasteiger partial charge in [0.25, 0.3) is 0 Å². The average molecular weight is 260 g/mol. The molecular weight excluding hydrogens is 240 g/mol. The van der Waals surface area contributed by atoms with Crippen molar-refractivity contribution in [2.24, 2.45) is 0 Å². The quantitative estimate of drug-likeness (QED) is 0.528. The number of benzene rings is 2. The number of fused-ring (bicyclic) bond motifs is 6. The van der Waals surface area contributed by atoms with Gasteiger partial charge in [-0.2, -0.15) is 0 Å². The Bertz CT molecular complexity index is 581. The van der Waals surface area contributed by atoms with Crippen molar-refractivity contribution in [3.05, 3.63) is 46.5 Å². The fourth-order valence-corrected chi connectivity index (χ4v) is 4.40. The molecule has 0 saturated carbocycles. The van der Waals surface area contributed by atoms with Gasteiger partial charge < -0.3 is 0 Å². The van der Waals surface area contributed by atoms with Gasteiger partial charge in [0.2, 0.25) is 0 Å². The standard InChI is InChI=1S/C20H20/c1-2-6-14-10-18-17(9-13(14)5-1)19-11-15-7-3-4-8-16(15)12-20(18)19/h9-12H,1-8H2. The number of hydrogen-bond acceptors (Lipinski definition) is 0. The average Bonchev–Trinajstić information content (AvgIpc) is 2.52. The predicted molar refractivity (Wildman–Crippen MR) is 84.2 cm³/mol. The Morgan fingerprint density at radius 2 is 0.650 bits per heavy atom. The van der Waals surface area contributed by atoms with Crippen LogP contribution in [-0.4, -0.2) is 0 Å². The Labute approximate surface area is 120 Å². The minimum atomic E-state index is 1.29. The molecule has 2 aromatic rings. The van der Waals surface area contributed by atoms with E-state index in [-0.39, 0.29) is 0 Å². The van der Waals surface area contributed by atoms with Crippen LogP contribution in [0.1, 0.15) is 47.9 Å². The molecule has 100 valence electrons. The molecule has 0 spiro atoms. The van der Waals surface area contributed by atoms with E-state index in [1.54, 1.807) is 22.3 Å². The van der Waals surface area contributed by atoms with Gasteiger partial charge in [0.1, 0.15) is 0 Å². The molecule has 3 aliphatic rings. The molecule has 0 aliphatic heterocycles. The second kappa shape index (κ2) is 3.97. The number of rotatable bonds is 0. The monoisotopic (exact) mass is 260 g/mol. The second-order valence-electron chi connectivity index (χ2n) is 6.75. The summed E-state index contributed by atoms with van der Waals surface area (Å²) in [6, 6.07) is 10.0. The maximum atomic E-state index is 2.50. The normalized spacial score (nSPS) is 18.4. The van der Waals surface area contributed by atoms with Gasteiger partial charge in [-0.05, 0) is 95.9 Å².